The molecule has 4 N–H and O–H groups in total. The zero-order chi connectivity index (χ0) is 15.4. The summed E-state index contributed by atoms with van der Waals surface area (Å²) < 4.78 is 13.5. The average Bonchev–Trinajstić information content (AvgIpc) is 2.47. The van der Waals surface area contributed by atoms with Crippen LogP contribution in [0.2, 0.25) is 0 Å². The second-order valence-corrected chi connectivity index (χ2v) is 4.72. The van der Waals surface area contributed by atoms with Crippen LogP contribution in [0.1, 0.15) is 35.3 Å². The highest BCUT2D eigenvalue weighted by atomic mass is 19.1. The van der Waals surface area contributed by atoms with E-state index in [-0.39, 0.29) is 17.4 Å². The number of hydrogen-bond acceptors (Lipinski definition) is 3. The Hall–Kier alpha value is -2.56. The molecule has 1 unspecified atom stereocenters. The summed E-state index contributed by atoms with van der Waals surface area (Å²) in [6.45, 7) is 1.96. The Kier molecular flexibility index (Phi) is 4.42. The number of primary amides is 1. The van der Waals surface area contributed by atoms with E-state index in [2.05, 4.69) is 5.32 Å². The molecule has 1 atom stereocenters. The van der Waals surface area contributed by atoms with Crippen molar-refractivity contribution < 1.29 is 14.3 Å². The van der Waals surface area contributed by atoms with E-state index in [1.807, 2.05) is 19.1 Å². The minimum absolute atomic E-state index is 0.155. The van der Waals surface area contributed by atoms with Crippen LogP contribution in [0.4, 0.5) is 10.1 Å². The molecule has 5 heteroatoms. The molecule has 110 valence electrons. The lowest BCUT2D eigenvalue weighted by molar-refractivity contribution is 0.0996. The van der Waals surface area contributed by atoms with Crippen LogP contribution < -0.4 is 11.1 Å². The largest absolute Gasteiger partial charge is 0.508 e. The molecule has 2 aromatic carbocycles. The summed E-state index contributed by atoms with van der Waals surface area (Å²) in [6.07, 6.45) is 0.709. The predicted octanol–water partition coefficient (Wildman–Crippen LogP) is 3.19. The zero-order valence-electron chi connectivity index (χ0n) is 11.6. The molecular formula is C16H17FN2O2. The number of benzene rings is 2. The number of para-hydroxylation sites is 1. The molecule has 0 aliphatic rings. The highest BCUT2D eigenvalue weighted by molar-refractivity contribution is 5.94. The number of carbonyl (C=O) groups excluding carboxylic acids is 1. The number of halogens is 1. The first-order valence-corrected chi connectivity index (χ1v) is 6.66. The first-order valence-electron chi connectivity index (χ1n) is 6.66. The number of nitrogens with one attached hydrogen (secondary N) is 1. The molecule has 0 spiro atoms. The summed E-state index contributed by atoms with van der Waals surface area (Å²) in [5.74, 6) is -1.27. The number of amides is 1. The molecule has 0 aliphatic carbocycles. The minimum Gasteiger partial charge on any atom is -0.508 e. The third-order valence-electron chi connectivity index (χ3n) is 3.29. The summed E-state index contributed by atoms with van der Waals surface area (Å²) in [6, 6.07) is 10.9. The van der Waals surface area contributed by atoms with Crippen LogP contribution in [0.5, 0.6) is 5.75 Å². The van der Waals surface area contributed by atoms with Gasteiger partial charge < -0.3 is 16.2 Å². The lowest BCUT2D eigenvalue weighted by atomic mass is 10.0. The Balaban J connectivity index is 2.29. The number of carbonyl (C=O) groups is 1. The molecule has 1 amide bonds. The maximum Gasteiger partial charge on any atom is 0.251 e. The van der Waals surface area contributed by atoms with Gasteiger partial charge in [-0.2, -0.15) is 0 Å². The van der Waals surface area contributed by atoms with E-state index in [9.17, 15) is 14.3 Å². The van der Waals surface area contributed by atoms with Gasteiger partial charge in [-0.1, -0.05) is 25.1 Å². The van der Waals surface area contributed by atoms with Gasteiger partial charge in [0.25, 0.3) is 5.91 Å². The van der Waals surface area contributed by atoms with Crippen LogP contribution >= 0.6 is 0 Å². The molecule has 0 aliphatic heterocycles. The number of nitrogens with two attached hydrogens (primary N) is 1. The van der Waals surface area contributed by atoms with Crippen molar-refractivity contribution in [3.05, 3.63) is 59.4 Å². The van der Waals surface area contributed by atoms with Crippen LogP contribution in [-0.2, 0) is 0 Å². The highest BCUT2D eigenvalue weighted by Crippen LogP contribution is 2.29. The van der Waals surface area contributed by atoms with Crippen molar-refractivity contribution in [2.75, 3.05) is 5.32 Å². The van der Waals surface area contributed by atoms with E-state index in [1.54, 1.807) is 12.1 Å². The number of phenolic OH excluding ortho intramolecular Hbond substituents is 1. The van der Waals surface area contributed by atoms with E-state index in [0.29, 0.717) is 12.1 Å². The third kappa shape index (κ3) is 3.31. The van der Waals surface area contributed by atoms with Crippen molar-refractivity contribution >= 4 is 11.6 Å². The predicted molar refractivity (Wildman–Crippen MR) is 79.7 cm³/mol. The SMILES string of the molecule is CCC(Nc1ccc(F)c(C(N)=O)c1)c1ccccc1O. The average molecular weight is 288 g/mol. The molecule has 0 bridgehead atoms. The van der Waals surface area contributed by atoms with Crippen molar-refractivity contribution in [2.45, 2.75) is 19.4 Å². The molecular weight excluding hydrogens is 271 g/mol. The van der Waals surface area contributed by atoms with Crippen LogP contribution in [0.3, 0.4) is 0 Å². The summed E-state index contributed by atoms with van der Waals surface area (Å²) >= 11 is 0. The Labute approximate surface area is 122 Å². The topological polar surface area (TPSA) is 75.3 Å². The quantitative estimate of drug-likeness (QED) is 0.791. The van der Waals surface area contributed by atoms with Crippen molar-refractivity contribution in [1.82, 2.24) is 0 Å². The van der Waals surface area contributed by atoms with Gasteiger partial charge >= 0.3 is 0 Å². The molecule has 2 aromatic rings. The van der Waals surface area contributed by atoms with Gasteiger partial charge in [0, 0.05) is 11.3 Å². The molecule has 0 radical (unpaired) electrons. The van der Waals surface area contributed by atoms with Gasteiger partial charge in [0.2, 0.25) is 0 Å². The van der Waals surface area contributed by atoms with Crippen LogP contribution in [0.15, 0.2) is 42.5 Å². The van der Waals surface area contributed by atoms with E-state index in [0.717, 1.165) is 5.56 Å². The summed E-state index contributed by atoms with van der Waals surface area (Å²) in [5.41, 5.74) is 6.29. The lowest BCUT2D eigenvalue weighted by Crippen LogP contribution is -2.15. The third-order valence-corrected chi connectivity index (χ3v) is 3.29. The van der Waals surface area contributed by atoms with Crippen molar-refractivity contribution in [3.8, 4) is 5.75 Å². The van der Waals surface area contributed by atoms with Gasteiger partial charge in [-0.15, -0.1) is 0 Å². The van der Waals surface area contributed by atoms with E-state index in [1.165, 1.54) is 18.2 Å². The number of rotatable bonds is 5. The van der Waals surface area contributed by atoms with Gasteiger partial charge in [0.15, 0.2) is 0 Å². The fraction of sp³-hybridized carbons (Fsp3) is 0.188. The molecule has 2 rings (SSSR count). The number of anilines is 1. The number of aromatic hydroxyl groups is 1. The fourth-order valence-electron chi connectivity index (χ4n) is 2.19. The molecule has 4 nitrogen and oxygen atoms in total. The maximum absolute atomic E-state index is 13.5. The number of phenols is 1. The van der Waals surface area contributed by atoms with Crippen molar-refractivity contribution in [3.63, 3.8) is 0 Å². The van der Waals surface area contributed by atoms with Gasteiger partial charge in [-0.25, -0.2) is 4.39 Å². The van der Waals surface area contributed by atoms with E-state index in [4.69, 9.17) is 5.73 Å². The van der Waals surface area contributed by atoms with E-state index < -0.39 is 11.7 Å². The van der Waals surface area contributed by atoms with Crippen molar-refractivity contribution in [2.24, 2.45) is 5.73 Å². The Morgan fingerprint density at radius 2 is 2.05 bits per heavy atom. The lowest BCUT2D eigenvalue weighted by Gasteiger charge is -2.20. The highest BCUT2D eigenvalue weighted by Gasteiger charge is 2.15. The monoisotopic (exact) mass is 288 g/mol. The zero-order valence-corrected chi connectivity index (χ0v) is 11.6. The van der Waals surface area contributed by atoms with Gasteiger partial charge in [0.05, 0.1) is 11.6 Å². The van der Waals surface area contributed by atoms with Gasteiger partial charge in [-0.05, 0) is 30.7 Å². The molecule has 0 aromatic heterocycles. The number of hydrogen-bond donors (Lipinski definition) is 3. The Morgan fingerprint density at radius 1 is 1.33 bits per heavy atom. The second-order valence-electron chi connectivity index (χ2n) is 4.72. The molecule has 0 heterocycles. The molecule has 0 saturated carbocycles. The molecule has 21 heavy (non-hydrogen) atoms. The normalized spacial score (nSPS) is 11.9. The minimum atomic E-state index is -0.813. The molecule has 0 fully saturated rings. The van der Waals surface area contributed by atoms with Crippen LogP contribution in [0, 0.1) is 5.82 Å². The molecule has 0 saturated heterocycles. The second kappa shape index (κ2) is 6.26. The Morgan fingerprint density at radius 3 is 2.67 bits per heavy atom. The van der Waals surface area contributed by atoms with Gasteiger partial charge in [0.1, 0.15) is 11.6 Å². The van der Waals surface area contributed by atoms with Crippen LogP contribution in [0.25, 0.3) is 0 Å². The smallest absolute Gasteiger partial charge is 0.251 e. The standard InChI is InChI=1S/C16H17FN2O2/c1-2-14(11-5-3-4-6-15(11)20)19-10-7-8-13(17)12(9-10)16(18)21/h3-9,14,19-20H,2H2,1H3,(H2,18,21). The van der Waals surface area contributed by atoms with Gasteiger partial charge in [-0.3, -0.25) is 4.79 Å². The first-order chi connectivity index (χ1) is 10.0. The fourth-order valence-corrected chi connectivity index (χ4v) is 2.19. The summed E-state index contributed by atoms with van der Waals surface area (Å²) in [4.78, 5) is 11.2. The van der Waals surface area contributed by atoms with E-state index >= 15 is 0 Å². The van der Waals surface area contributed by atoms with Crippen LogP contribution in [-0.4, -0.2) is 11.0 Å². The first kappa shape index (κ1) is 14.8. The van der Waals surface area contributed by atoms with Crippen molar-refractivity contribution in [1.29, 1.82) is 0 Å². The summed E-state index contributed by atoms with van der Waals surface area (Å²) in [5, 5.41) is 13.1. The Bertz CT molecular complexity index is 658. The summed E-state index contributed by atoms with van der Waals surface area (Å²) in [7, 11) is 0. The maximum atomic E-state index is 13.5.